The second-order valence-electron chi connectivity index (χ2n) is 22.2. The number of aromatic nitrogens is 5. The summed E-state index contributed by atoms with van der Waals surface area (Å²) in [6, 6.07) is 34.5. The van der Waals surface area contributed by atoms with E-state index in [0.717, 1.165) is 107 Å². The lowest BCUT2D eigenvalue weighted by Crippen LogP contribution is -2.31. The number of amides is 1. The Kier molecular flexibility index (Phi) is 35.0. The van der Waals surface area contributed by atoms with Crippen molar-refractivity contribution in [2.45, 2.75) is 51.4 Å². The molecule has 0 saturated carbocycles. The minimum Gasteiger partial charge on any atom is -0.448 e. The number of oxazole rings is 3. The van der Waals surface area contributed by atoms with Crippen molar-refractivity contribution in [3.8, 4) is 6.07 Å². The number of nitrogens with two attached hydrogens (primary N) is 1. The van der Waals surface area contributed by atoms with Gasteiger partial charge < -0.3 is 72.9 Å². The van der Waals surface area contributed by atoms with Gasteiger partial charge in [0.05, 0.1) is 92.0 Å². The van der Waals surface area contributed by atoms with Gasteiger partial charge >= 0.3 is 6.09 Å². The number of nitriles is 1. The zero-order valence-corrected chi connectivity index (χ0v) is 59.7. The van der Waals surface area contributed by atoms with Gasteiger partial charge in [0, 0.05) is 120 Å². The number of likely N-dealkylation sites (N-methyl/N-ethyl adjacent to an activating group) is 3. The van der Waals surface area contributed by atoms with E-state index in [4.69, 9.17) is 82.7 Å². The molecule has 5 heterocycles. The van der Waals surface area contributed by atoms with E-state index in [9.17, 15) is 14.9 Å². The van der Waals surface area contributed by atoms with Gasteiger partial charge in [0.25, 0.3) is 5.89 Å². The van der Waals surface area contributed by atoms with Gasteiger partial charge in [-0.05, 0) is 86.3 Å². The topological polar surface area (TPSA) is 301 Å². The van der Waals surface area contributed by atoms with Crippen LogP contribution >= 0.6 is 45.9 Å². The first-order valence-corrected chi connectivity index (χ1v) is 35.6. The number of unbranched alkanes of at least 4 members (excludes halogenated alkanes) is 6. The number of alkyl carbamates (subject to hydrolysis) is 1. The summed E-state index contributed by atoms with van der Waals surface area (Å²) in [6.45, 7) is 15.3. The lowest BCUT2D eigenvalue weighted by Gasteiger charge is -2.19. The summed E-state index contributed by atoms with van der Waals surface area (Å²) >= 11 is 14.1. The zero-order chi connectivity index (χ0) is 71.1. The third kappa shape index (κ3) is 26.2. The SMILES string of the molecule is CN(CCO)c1ccc2nc(C=O)oc2c1.CN(CCOC(=O)NCCOCCOCCCCCCCl)c1ccc2nc(/C=C(\C#N)c3nc4ccccc4s3)oc2c1.NCCOCCOCCCCCCCl.[C-]#[N+]/C(=C\c1nc2ccc(N(C)CCO)cc2o1)c1nc2ccccc2s1. The molecule has 5 N–H and O–H groups in total. The van der Waals surface area contributed by atoms with Crippen LogP contribution in [-0.4, -0.2) is 186 Å². The fourth-order valence-electron chi connectivity index (χ4n) is 9.44. The van der Waals surface area contributed by atoms with Crippen molar-refractivity contribution in [2.24, 2.45) is 5.73 Å². The lowest BCUT2D eigenvalue weighted by atomic mass is 10.2. The van der Waals surface area contributed by atoms with Crippen LogP contribution in [0.4, 0.5) is 21.9 Å². The molecule has 10 aromatic rings. The molecule has 28 heteroatoms. The number of nitrogens with one attached hydrogen (secondary N) is 1. The zero-order valence-electron chi connectivity index (χ0n) is 56.5. The molecule has 0 atom stereocenters. The molecule has 0 aliphatic carbocycles. The van der Waals surface area contributed by atoms with Crippen LogP contribution in [0.15, 0.2) is 116 Å². The molecule has 0 aliphatic heterocycles. The Hall–Kier alpha value is -8.61. The number of aliphatic hydroxyl groups is 2. The van der Waals surface area contributed by atoms with Crippen molar-refractivity contribution in [2.75, 3.05) is 153 Å². The molecular formula is C72H86Cl2N12O12S2. The average molecular weight is 1450 g/mol. The minimum absolute atomic E-state index is 0.0788. The van der Waals surface area contributed by atoms with Crippen LogP contribution in [0.3, 0.4) is 0 Å². The van der Waals surface area contributed by atoms with Crippen molar-refractivity contribution in [3.63, 3.8) is 0 Å². The standard InChI is InChI=1S/C31H36ClN5O5S.C20H16N4O2S.C11H12N2O3.C10H22ClNO2/c1-37(14-17-41-31(38)34-13-16-40-19-18-39-15-7-3-2-6-12-32)24-10-11-25-27(21-24)42-29(35-25)20-23(22-33)30-36-26-8-4-5-9-28(26)43-30;1-21-16(20-23-15-5-3-4-6-18(15)27-20)12-19-22-14-8-7-13(11-17(14)26-19)24(2)9-10-25;1-13(4-5-14)8-2-3-9-10(6-8)16-11(7-15)12-9;11-5-3-1-2-4-7-13-9-10-14-8-6-12/h4-5,8-11,20-21H,2-3,6-7,12-19H2,1H3,(H,34,38);3-8,11-12,25H,9-10H2,2H3;2-3,6-7,14H,4-5H2,1H3;1-10,12H2/b23-20+;16-12-;;. The molecule has 0 aliphatic rings. The number of rotatable bonds is 38. The van der Waals surface area contributed by atoms with Crippen LogP contribution in [0, 0.1) is 17.9 Å². The molecule has 10 rings (SSSR count). The van der Waals surface area contributed by atoms with Gasteiger partial charge in [0.1, 0.15) is 39.2 Å². The predicted molar refractivity (Wildman–Crippen MR) is 399 cm³/mol. The first-order chi connectivity index (χ1) is 48.9. The molecule has 0 unspecified atom stereocenters. The number of fused-ring (bicyclic) bond motifs is 5. The number of nitrogens with zero attached hydrogens (tertiary/aromatic N) is 10. The summed E-state index contributed by atoms with van der Waals surface area (Å²) in [5, 5.41) is 31.6. The van der Waals surface area contributed by atoms with Gasteiger partial charge in [-0.2, -0.15) is 5.26 Å². The summed E-state index contributed by atoms with van der Waals surface area (Å²) in [5.74, 6) is 2.27. The molecule has 0 radical (unpaired) electrons. The fourth-order valence-corrected chi connectivity index (χ4v) is 11.7. The maximum absolute atomic E-state index is 12.0. The molecule has 0 spiro atoms. The number of thiazole rings is 2. The number of carbonyl (C=O) groups excluding carboxylic acids is 2. The van der Waals surface area contributed by atoms with E-state index in [1.807, 2.05) is 127 Å². The number of aliphatic hydroxyl groups excluding tert-OH is 2. The summed E-state index contributed by atoms with van der Waals surface area (Å²) in [7, 11) is 5.67. The quantitative estimate of drug-likeness (QED) is 0.00919. The maximum Gasteiger partial charge on any atom is 0.407 e. The van der Waals surface area contributed by atoms with Crippen LogP contribution < -0.4 is 25.8 Å². The van der Waals surface area contributed by atoms with Gasteiger partial charge in [-0.3, -0.25) is 4.79 Å². The highest BCUT2D eigenvalue weighted by molar-refractivity contribution is 7.20. The van der Waals surface area contributed by atoms with Gasteiger partial charge in [0.15, 0.2) is 16.7 Å². The highest BCUT2D eigenvalue weighted by atomic mass is 35.5. The number of ether oxygens (including phenoxy) is 5. The normalized spacial score (nSPS) is 11.4. The van der Waals surface area contributed by atoms with E-state index in [0.29, 0.717) is 140 Å². The summed E-state index contributed by atoms with van der Waals surface area (Å²) < 4.78 is 45.8. The van der Waals surface area contributed by atoms with Crippen molar-refractivity contribution >= 4 is 152 Å². The Morgan fingerprint density at radius 2 is 1.03 bits per heavy atom. The molecule has 1 amide bonds. The average Bonchev–Trinajstić information content (AvgIpc) is 1.67. The van der Waals surface area contributed by atoms with E-state index >= 15 is 0 Å². The molecule has 532 valence electrons. The van der Waals surface area contributed by atoms with Crippen molar-refractivity contribution in [1.29, 1.82) is 5.26 Å². The van der Waals surface area contributed by atoms with E-state index in [-0.39, 0.29) is 25.7 Å². The van der Waals surface area contributed by atoms with Crippen molar-refractivity contribution in [1.82, 2.24) is 30.2 Å². The monoisotopic (exact) mass is 1440 g/mol. The molecule has 24 nitrogen and oxygen atoms in total. The van der Waals surface area contributed by atoms with Gasteiger partial charge in [-0.1, -0.05) is 49.9 Å². The molecule has 0 fully saturated rings. The number of halogens is 2. The highest BCUT2D eigenvalue weighted by Crippen LogP contribution is 2.32. The van der Waals surface area contributed by atoms with Crippen LogP contribution in [0.25, 0.3) is 82.0 Å². The summed E-state index contributed by atoms with van der Waals surface area (Å²) in [5.41, 5.74) is 14.3. The minimum atomic E-state index is -0.492. The molecule has 0 bridgehead atoms. The van der Waals surface area contributed by atoms with Crippen molar-refractivity contribution in [3.05, 3.63) is 142 Å². The van der Waals surface area contributed by atoms with Gasteiger partial charge in [-0.25, -0.2) is 34.6 Å². The molecule has 5 aromatic carbocycles. The fraction of sp³-hybridized carbons (Fsp3) is 0.403. The number of hydrogen-bond donors (Lipinski definition) is 4. The molecule has 100 heavy (non-hydrogen) atoms. The summed E-state index contributed by atoms with van der Waals surface area (Å²) in [6.07, 6.45) is 12.3. The van der Waals surface area contributed by atoms with Crippen LogP contribution in [-0.2, 0) is 23.7 Å². The Balaban J connectivity index is 0.000000208. The number of anilines is 3. The number of hydrogen-bond acceptors (Lipinski definition) is 24. The summed E-state index contributed by atoms with van der Waals surface area (Å²) in [4.78, 5) is 53.9. The number of aldehydes is 1. The number of benzene rings is 5. The third-order valence-corrected chi connectivity index (χ3v) is 17.5. The van der Waals surface area contributed by atoms with E-state index < -0.39 is 6.09 Å². The number of carbonyl (C=O) groups is 2. The first-order valence-electron chi connectivity index (χ1n) is 32.9. The first kappa shape index (κ1) is 78.7. The Labute approximate surface area is 599 Å². The molecule has 0 saturated heterocycles. The Morgan fingerprint density at radius 3 is 1.51 bits per heavy atom. The van der Waals surface area contributed by atoms with Crippen molar-refractivity contribution < 1.29 is 56.7 Å². The molecular weight excluding hydrogens is 1360 g/mol. The van der Waals surface area contributed by atoms with E-state index in [1.54, 1.807) is 24.3 Å². The van der Waals surface area contributed by atoms with Crippen LogP contribution in [0.5, 0.6) is 0 Å². The van der Waals surface area contributed by atoms with Gasteiger partial charge in [-0.15, -0.1) is 45.9 Å². The predicted octanol–water partition coefficient (Wildman–Crippen LogP) is 13.6. The van der Waals surface area contributed by atoms with Gasteiger partial charge in [0.2, 0.25) is 23.8 Å². The third-order valence-electron chi connectivity index (χ3n) is 14.8. The number of para-hydroxylation sites is 2. The second-order valence-corrected chi connectivity index (χ2v) is 25.1. The van der Waals surface area contributed by atoms with Crippen LogP contribution in [0.2, 0.25) is 0 Å². The number of alkyl halides is 2. The Bertz CT molecular complexity index is 4160. The lowest BCUT2D eigenvalue weighted by molar-refractivity contribution is 0.0469. The highest BCUT2D eigenvalue weighted by Gasteiger charge is 2.16. The molecule has 5 aromatic heterocycles. The van der Waals surface area contributed by atoms with E-state index in [1.165, 1.54) is 35.5 Å². The Morgan fingerprint density at radius 1 is 0.580 bits per heavy atom. The second kappa shape index (κ2) is 44.5. The van der Waals surface area contributed by atoms with Crippen LogP contribution in [0.1, 0.15) is 83.8 Å². The largest absolute Gasteiger partial charge is 0.448 e. The smallest absolute Gasteiger partial charge is 0.407 e. The van der Waals surface area contributed by atoms with E-state index in [2.05, 4.69) is 41.2 Å². The maximum atomic E-state index is 12.0. The number of allylic oxidation sites excluding steroid dienone is 1.